The lowest BCUT2D eigenvalue weighted by atomic mass is 10.0. The third kappa shape index (κ3) is 0.125. The third-order valence-corrected chi connectivity index (χ3v) is 1.000. The Kier molecular flexibility index (Phi) is 0.422. The van der Waals surface area contributed by atoms with Crippen molar-refractivity contribution in [1.29, 1.82) is 0 Å². The van der Waals surface area contributed by atoms with E-state index in [0.717, 1.165) is 0 Å². The van der Waals surface area contributed by atoms with Gasteiger partial charge in [-0.2, -0.15) is 0 Å². The predicted molar refractivity (Wildman–Crippen MR) is 19.6 cm³/mol. The Morgan fingerprint density at radius 2 is 1.00 bits per heavy atom. The lowest BCUT2D eigenvalue weighted by Gasteiger charge is -2.05. The smallest absolute Gasteiger partial charge is 0.0533 e. The van der Waals surface area contributed by atoms with Crippen LogP contribution in [0.4, 0.5) is 0 Å². The maximum absolute atomic E-state index is 1.50. The van der Waals surface area contributed by atoms with E-state index < -0.39 is 0 Å². The first-order valence-electron chi connectivity index (χ1n) is 2.00. The molecule has 0 radical (unpaired) electrons. The zero-order valence-electron chi connectivity index (χ0n) is 3.83. The first-order chi connectivity index (χ1) is 2.00. The highest BCUT2D eigenvalue weighted by molar-refractivity contribution is 4.50. The van der Waals surface area contributed by atoms with E-state index in [1.807, 2.05) is 0 Å². The van der Waals surface area contributed by atoms with Crippen LogP contribution in [0.5, 0.6) is 0 Å². The lowest BCUT2D eigenvalue weighted by Crippen LogP contribution is -1.85. The first-order valence-corrected chi connectivity index (χ1v) is 2.00. The summed E-state index contributed by atoms with van der Waals surface area (Å²) in [6.45, 7) is 0. The monoisotopic (exact) mass is 57.1 g/mol. The molecule has 0 N–H and O–H groups in total. The first kappa shape index (κ1) is 2.25. The van der Waals surface area contributed by atoms with Crippen molar-refractivity contribution in [1.82, 2.24) is 0 Å². The lowest BCUT2D eigenvalue weighted by molar-refractivity contribution is 0.504. The molecule has 0 spiro atoms. The quantitative estimate of drug-likeness (QED) is 0.396. The van der Waals surface area contributed by atoms with Gasteiger partial charge in [0.25, 0.3) is 0 Å². The fourth-order valence-electron chi connectivity index (χ4n) is 0.250. The SMILES string of the molecule is C1CCC1.[H+]. The van der Waals surface area contributed by atoms with Crippen LogP contribution < -0.4 is 0 Å². The predicted octanol–water partition coefficient (Wildman–Crippen LogP) is 1.67. The molecule has 1 aliphatic rings. The fourth-order valence-corrected chi connectivity index (χ4v) is 0.250. The summed E-state index contributed by atoms with van der Waals surface area (Å²) in [4.78, 5) is 0. The van der Waals surface area contributed by atoms with Crippen molar-refractivity contribution >= 4 is 0 Å². The summed E-state index contributed by atoms with van der Waals surface area (Å²) in [7, 11) is 0. The van der Waals surface area contributed by atoms with E-state index in [0.29, 0.717) is 0 Å². The number of hydrogen-bond acceptors (Lipinski definition) is 0. The van der Waals surface area contributed by atoms with E-state index in [1.165, 1.54) is 25.7 Å². The molecule has 24 valence electrons. The van der Waals surface area contributed by atoms with E-state index in [9.17, 15) is 0 Å². The largest absolute Gasteiger partial charge is 1.00 e. The summed E-state index contributed by atoms with van der Waals surface area (Å²) in [6, 6.07) is 0. The van der Waals surface area contributed by atoms with Gasteiger partial charge in [0, 0.05) is 0 Å². The molecular formula is C4H9+. The molecule has 0 aromatic carbocycles. The highest BCUT2D eigenvalue weighted by Crippen LogP contribution is 2.15. The average Bonchev–Trinajstić information content (AvgIpc) is 0.722. The minimum atomic E-state index is 0. The van der Waals surface area contributed by atoms with Crippen LogP contribution in [0, 0.1) is 0 Å². The van der Waals surface area contributed by atoms with Gasteiger partial charge < -0.3 is 0 Å². The molecule has 0 heterocycles. The molecule has 1 fully saturated rings. The van der Waals surface area contributed by atoms with Crippen molar-refractivity contribution in [2.45, 2.75) is 25.7 Å². The summed E-state index contributed by atoms with van der Waals surface area (Å²) >= 11 is 0. The summed E-state index contributed by atoms with van der Waals surface area (Å²) in [5, 5.41) is 0. The third-order valence-electron chi connectivity index (χ3n) is 1.000. The molecule has 0 unspecified atom stereocenters. The molecule has 0 atom stereocenters. The van der Waals surface area contributed by atoms with E-state index in [1.54, 1.807) is 0 Å². The van der Waals surface area contributed by atoms with Crippen LogP contribution in [0.3, 0.4) is 0 Å². The van der Waals surface area contributed by atoms with Gasteiger partial charge in [0.05, 0.1) is 0 Å². The van der Waals surface area contributed by atoms with Crippen LogP contribution in [0.25, 0.3) is 0 Å². The molecule has 1 aliphatic carbocycles. The second kappa shape index (κ2) is 0.750. The normalized spacial score (nSPS) is 24.0. The van der Waals surface area contributed by atoms with Crippen LogP contribution >= 0.6 is 0 Å². The molecule has 1 rings (SSSR count). The Balaban J connectivity index is 0.000000160. The van der Waals surface area contributed by atoms with Gasteiger partial charge in [0.2, 0.25) is 0 Å². The van der Waals surface area contributed by atoms with Crippen molar-refractivity contribution in [2.24, 2.45) is 0 Å². The molecule has 4 heavy (non-hydrogen) atoms. The van der Waals surface area contributed by atoms with Crippen molar-refractivity contribution in [2.75, 3.05) is 0 Å². The van der Waals surface area contributed by atoms with Crippen molar-refractivity contribution < 1.29 is 1.43 Å². The van der Waals surface area contributed by atoms with Crippen LogP contribution in [0.2, 0.25) is 0 Å². The zero-order valence-corrected chi connectivity index (χ0v) is 2.83. The van der Waals surface area contributed by atoms with Gasteiger partial charge in [-0.1, -0.05) is 25.7 Å². The minimum Gasteiger partial charge on any atom is -0.0533 e. The average molecular weight is 57.1 g/mol. The summed E-state index contributed by atoms with van der Waals surface area (Å²) in [5.41, 5.74) is 0. The molecule has 1 saturated carbocycles. The van der Waals surface area contributed by atoms with Gasteiger partial charge in [-0.05, 0) is 0 Å². The summed E-state index contributed by atoms with van der Waals surface area (Å²) < 4.78 is 0. The standard InChI is InChI=1S/C4H8/c1-2-4-3-1/h1-4H2/p+1. The summed E-state index contributed by atoms with van der Waals surface area (Å²) in [5.74, 6) is 0. The number of rotatable bonds is 0. The minimum absolute atomic E-state index is 0. The van der Waals surface area contributed by atoms with E-state index >= 15 is 0 Å². The Hall–Kier alpha value is 0. The van der Waals surface area contributed by atoms with Gasteiger partial charge in [-0.25, -0.2) is 0 Å². The van der Waals surface area contributed by atoms with Crippen LogP contribution in [-0.2, 0) is 0 Å². The highest BCUT2D eigenvalue weighted by Gasteiger charge is 1.95. The molecular weight excluding hydrogens is 48.0 g/mol. The molecule has 0 aromatic rings. The maximum atomic E-state index is 1.50. The van der Waals surface area contributed by atoms with Crippen LogP contribution in [0.1, 0.15) is 27.1 Å². The van der Waals surface area contributed by atoms with Crippen molar-refractivity contribution in [3.05, 3.63) is 0 Å². The second-order valence-electron chi connectivity index (χ2n) is 1.41. The molecule has 0 amide bonds. The van der Waals surface area contributed by atoms with Crippen molar-refractivity contribution in [3.8, 4) is 0 Å². The fraction of sp³-hybridized carbons (Fsp3) is 1.00. The number of hydrogen-bond donors (Lipinski definition) is 0. The molecule has 0 heteroatoms. The van der Waals surface area contributed by atoms with Gasteiger partial charge in [-0.15, -0.1) is 0 Å². The topological polar surface area (TPSA) is 0 Å². The van der Waals surface area contributed by atoms with Gasteiger partial charge in [0.1, 0.15) is 0 Å². The second-order valence-corrected chi connectivity index (χ2v) is 1.41. The van der Waals surface area contributed by atoms with Gasteiger partial charge in [0.15, 0.2) is 0 Å². The highest BCUT2D eigenvalue weighted by atomic mass is 14.0. The van der Waals surface area contributed by atoms with Gasteiger partial charge in [-0.3, -0.25) is 0 Å². The molecule has 0 bridgehead atoms. The zero-order chi connectivity index (χ0) is 2.83. The van der Waals surface area contributed by atoms with Crippen LogP contribution in [-0.4, -0.2) is 0 Å². The Labute approximate surface area is 28.3 Å². The van der Waals surface area contributed by atoms with Crippen LogP contribution in [0.15, 0.2) is 0 Å². The van der Waals surface area contributed by atoms with E-state index in [2.05, 4.69) is 0 Å². The van der Waals surface area contributed by atoms with Crippen molar-refractivity contribution in [3.63, 3.8) is 0 Å². The maximum Gasteiger partial charge on any atom is 1.00 e. The Bertz CT molecular complexity index is 11.6. The molecule has 0 aromatic heterocycles. The molecule has 0 saturated heterocycles. The Morgan fingerprint density at radius 1 is 0.750 bits per heavy atom. The Morgan fingerprint density at radius 3 is 1.00 bits per heavy atom. The summed E-state index contributed by atoms with van der Waals surface area (Å²) in [6.07, 6.45) is 6.00. The molecule has 0 aliphatic heterocycles. The van der Waals surface area contributed by atoms with Gasteiger partial charge >= 0.3 is 1.43 Å². The van der Waals surface area contributed by atoms with E-state index in [4.69, 9.17) is 0 Å². The molecule has 0 nitrogen and oxygen atoms in total. The van der Waals surface area contributed by atoms with E-state index in [-0.39, 0.29) is 1.43 Å².